The van der Waals surface area contributed by atoms with E-state index in [4.69, 9.17) is 23.2 Å². The van der Waals surface area contributed by atoms with Crippen molar-refractivity contribution in [1.82, 2.24) is 9.62 Å². The van der Waals surface area contributed by atoms with Crippen LogP contribution in [0.5, 0.6) is 0 Å². The summed E-state index contributed by atoms with van der Waals surface area (Å²) >= 11 is 12.3. The third-order valence-electron chi connectivity index (χ3n) is 5.65. The molecule has 0 unspecified atom stereocenters. The van der Waals surface area contributed by atoms with Gasteiger partial charge in [-0.05, 0) is 47.0 Å². The van der Waals surface area contributed by atoms with Crippen LogP contribution in [0.2, 0.25) is 10.0 Å². The zero-order chi connectivity index (χ0) is 25.5. The van der Waals surface area contributed by atoms with E-state index in [9.17, 15) is 13.2 Å². The molecular formula is C28H24Cl2N2O3S. The van der Waals surface area contributed by atoms with Crippen molar-refractivity contribution in [3.63, 3.8) is 0 Å². The van der Waals surface area contributed by atoms with Gasteiger partial charge in [0.25, 0.3) is 0 Å². The Hall–Kier alpha value is -3.16. The minimum atomic E-state index is -4.04. The minimum Gasteiger partial charge on any atom is -0.344 e. The normalized spacial score (nSPS) is 11.6. The average molecular weight is 539 g/mol. The Labute approximate surface area is 221 Å². The smallest absolute Gasteiger partial charge is 0.243 e. The zero-order valence-electron chi connectivity index (χ0n) is 19.2. The van der Waals surface area contributed by atoms with Gasteiger partial charge in [0, 0.05) is 16.6 Å². The quantitative estimate of drug-likeness (QED) is 0.280. The summed E-state index contributed by atoms with van der Waals surface area (Å²) in [6.45, 7) is -0.467. The number of nitrogens with one attached hydrogen (secondary N) is 1. The first kappa shape index (κ1) is 25.9. The summed E-state index contributed by atoms with van der Waals surface area (Å²) in [5, 5.41) is 3.85. The molecule has 0 fully saturated rings. The fourth-order valence-corrected chi connectivity index (χ4v) is 5.51. The fourth-order valence-electron chi connectivity index (χ4n) is 3.82. The second-order valence-electron chi connectivity index (χ2n) is 8.14. The molecule has 0 radical (unpaired) electrons. The van der Waals surface area contributed by atoms with E-state index in [2.05, 4.69) is 5.32 Å². The van der Waals surface area contributed by atoms with Crippen molar-refractivity contribution in [3.05, 3.63) is 136 Å². The molecule has 0 aliphatic heterocycles. The Morgan fingerprint density at radius 3 is 1.83 bits per heavy atom. The molecule has 5 nitrogen and oxygen atoms in total. The molecule has 0 aliphatic rings. The van der Waals surface area contributed by atoms with E-state index >= 15 is 0 Å². The van der Waals surface area contributed by atoms with Gasteiger partial charge in [-0.1, -0.05) is 102 Å². The number of sulfonamides is 1. The molecule has 1 N–H and O–H groups in total. The van der Waals surface area contributed by atoms with Gasteiger partial charge in [0.05, 0.1) is 17.5 Å². The Bertz CT molecular complexity index is 1370. The summed E-state index contributed by atoms with van der Waals surface area (Å²) in [5.74, 6) is -0.447. The highest BCUT2D eigenvalue weighted by Gasteiger charge is 2.28. The number of halogens is 2. The topological polar surface area (TPSA) is 66.5 Å². The Morgan fingerprint density at radius 2 is 1.28 bits per heavy atom. The monoisotopic (exact) mass is 538 g/mol. The van der Waals surface area contributed by atoms with Gasteiger partial charge in [-0.15, -0.1) is 0 Å². The molecule has 0 atom stereocenters. The number of benzene rings is 4. The van der Waals surface area contributed by atoms with Crippen molar-refractivity contribution in [2.45, 2.75) is 17.5 Å². The number of carbonyl (C=O) groups excluding carboxylic acids is 1. The highest BCUT2D eigenvalue weighted by atomic mass is 35.5. The minimum absolute atomic E-state index is 0.0365. The average Bonchev–Trinajstić information content (AvgIpc) is 2.89. The molecule has 184 valence electrons. The van der Waals surface area contributed by atoms with Crippen LogP contribution < -0.4 is 5.32 Å². The van der Waals surface area contributed by atoms with Gasteiger partial charge in [0.15, 0.2) is 0 Å². The van der Waals surface area contributed by atoms with Crippen molar-refractivity contribution in [2.75, 3.05) is 6.54 Å². The molecule has 0 aromatic heterocycles. The molecule has 0 saturated heterocycles. The SMILES string of the molecule is O=C(CN(Cc1ccccc1Cl)S(=O)(=O)c1ccc(Cl)cc1)NC(c1ccccc1)c1ccccc1. The summed E-state index contributed by atoms with van der Waals surface area (Å²) in [6, 6.07) is 31.4. The van der Waals surface area contributed by atoms with Gasteiger partial charge < -0.3 is 5.32 Å². The molecular weight excluding hydrogens is 515 g/mol. The summed E-state index contributed by atoms with van der Waals surface area (Å²) in [5.41, 5.74) is 2.36. The van der Waals surface area contributed by atoms with E-state index in [0.29, 0.717) is 15.6 Å². The number of amides is 1. The lowest BCUT2D eigenvalue weighted by molar-refractivity contribution is -0.121. The lowest BCUT2D eigenvalue weighted by Gasteiger charge is -2.25. The second-order valence-corrected chi connectivity index (χ2v) is 10.9. The molecule has 4 rings (SSSR count). The van der Waals surface area contributed by atoms with Crippen molar-refractivity contribution < 1.29 is 13.2 Å². The first-order chi connectivity index (χ1) is 17.3. The number of hydrogen-bond donors (Lipinski definition) is 1. The maximum Gasteiger partial charge on any atom is 0.243 e. The van der Waals surface area contributed by atoms with Crippen LogP contribution in [0, 0.1) is 0 Å². The number of hydrogen-bond acceptors (Lipinski definition) is 3. The van der Waals surface area contributed by atoms with E-state index in [-0.39, 0.29) is 11.4 Å². The molecule has 1 amide bonds. The van der Waals surface area contributed by atoms with Crippen LogP contribution in [0.3, 0.4) is 0 Å². The lowest BCUT2D eigenvalue weighted by atomic mass is 9.99. The molecule has 0 spiro atoms. The zero-order valence-corrected chi connectivity index (χ0v) is 21.5. The predicted octanol–water partition coefficient (Wildman–Crippen LogP) is 6.09. The second kappa shape index (κ2) is 11.7. The van der Waals surface area contributed by atoms with Crippen molar-refractivity contribution in [2.24, 2.45) is 0 Å². The van der Waals surface area contributed by atoms with Crippen LogP contribution in [0.1, 0.15) is 22.7 Å². The van der Waals surface area contributed by atoms with E-state index < -0.39 is 28.5 Å². The van der Waals surface area contributed by atoms with Gasteiger partial charge in [0.2, 0.25) is 15.9 Å². The molecule has 0 heterocycles. The van der Waals surface area contributed by atoms with E-state index in [1.807, 2.05) is 60.7 Å². The van der Waals surface area contributed by atoms with Crippen LogP contribution in [0.15, 0.2) is 114 Å². The first-order valence-electron chi connectivity index (χ1n) is 11.2. The molecule has 4 aromatic carbocycles. The summed E-state index contributed by atoms with van der Waals surface area (Å²) in [7, 11) is -4.04. The van der Waals surface area contributed by atoms with Crippen LogP contribution in [-0.2, 0) is 21.4 Å². The van der Waals surface area contributed by atoms with Gasteiger partial charge in [-0.3, -0.25) is 4.79 Å². The standard InChI is InChI=1S/C28H24Cl2N2O3S/c29-24-15-17-25(18-16-24)36(34,35)32(19-23-13-7-8-14-26(23)30)20-27(33)31-28(21-9-3-1-4-10-21)22-11-5-2-6-12-22/h1-18,28H,19-20H2,(H,31,33). The van der Waals surface area contributed by atoms with Crippen LogP contribution in [0.4, 0.5) is 0 Å². The van der Waals surface area contributed by atoms with Crippen LogP contribution in [-0.4, -0.2) is 25.2 Å². The molecule has 8 heteroatoms. The van der Waals surface area contributed by atoms with Gasteiger partial charge in [-0.25, -0.2) is 8.42 Å². The van der Waals surface area contributed by atoms with Crippen LogP contribution >= 0.6 is 23.2 Å². The van der Waals surface area contributed by atoms with Crippen molar-refractivity contribution in [3.8, 4) is 0 Å². The molecule has 0 bridgehead atoms. The van der Waals surface area contributed by atoms with Gasteiger partial charge in [-0.2, -0.15) is 4.31 Å². The van der Waals surface area contributed by atoms with Gasteiger partial charge >= 0.3 is 0 Å². The lowest BCUT2D eigenvalue weighted by Crippen LogP contribution is -2.41. The van der Waals surface area contributed by atoms with Crippen molar-refractivity contribution >= 4 is 39.1 Å². The first-order valence-corrected chi connectivity index (χ1v) is 13.4. The van der Waals surface area contributed by atoms with E-state index in [0.717, 1.165) is 15.4 Å². The predicted molar refractivity (Wildman–Crippen MR) is 143 cm³/mol. The fraction of sp³-hybridized carbons (Fsp3) is 0.107. The summed E-state index contributed by atoms with van der Waals surface area (Å²) in [4.78, 5) is 13.4. The largest absolute Gasteiger partial charge is 0.344 e. The Morgan fingerprint density at radius 1 is 0.750 bits per heavy atom. The third-order valence-corrected chi connectivity index (χ3v) is 8.07. The Balaban J connectivity index is 1.65. The number of rotatable bonds is 9. The summed E-state index contributed by atoms with van der Waals surface area (Å²) < 4.78 is 28.3. The number of carbonyl (C=O) groups is 1. The molecule has 0 aliphatic carbocycles. The molecule has 0 saturated carbocycles. The number of nitrogens with zero attached hydrogens (tertiary/aromatic N) is 1. The van der Waals surface area contributed by atoms with Gasteiger partial charge in [0.1, 0.15) is 0 Å². The van der Waals surface area contributed by atoms with Crippen LogP contribution in [0.25, 0.3) is 0 Å². The maximum absolute atomic E-state index is 13.6. The Kier molecular flexibility index (Phi) is 8.44. The van der Waals surface area contributed by atoms with E-state index in [1.54, 1.807) is 24.3 Å². The summed E-state index contributed by atoms with van der Waals surface area (Å²) in [6.07, 6.45) is 0. The maximum atomic E-state index is 13.6. The molecule has 4 aromatic rings. The third kappa shape index (κ3) is 6.33. The molecule has 36 heavy (non-hydrogen) atoms. The van der Waals surface area contributed by atoms with E-state index in [1.165, 1.54) is 24.3 Å². The highest BCUT2D eigenvalue weighted by Crippen LogP contribution is 2.25. The van der Waals surface area contributed by atoms with Crippen molar-refractivity contribution in [1.29, 1.82) is 0 Å². The highest BCUT2D eigenvalue weighted by molar-refractivity contribution is 7.89.